The maximum atomic E-state index is 12.8. The number of halogens is 2. The molecule has 0 atom stereocenters. The molecule has 0 aliphatic carbocycles. The molecule has 0 bridgehead atoms. The first-order valence-corrected chi connectivity index (χ1v) is 11.0. The van der Waals surface area contributed by atoms with Crippen molar-refractivity contribution in [1.82, 2.24) is 9.88 Å². The molecule has 1 aliphatic rings. The van der Waals surface area contributed by atoms with Crippen LogP contribution in [0, 0.1) is 0 Å². The Morgan fingerprint density at radius 2 is 1.73 bits per heavy atom. The molecule has 2 aromatic carbocycles. The highest BCUT2D eigenvalue weighted by atomic mass is 19.3. The molecule has 0 unspecified atom stereocenters. The first kappa shape index (κ1) is 22.7. The van der Waals surface area contributed by atoms with E-state index in [-0.39, 0.29) is 17.4 Å². The summed E-state index contributed by atoms with van der Waals surface area (Å²) >= 11 is 0. The largest absolute Gasteiger partial charge is 0.433 e. The Morgan fingerprint density at radius 1 is 1.03 bits per heavy atom. The Bertz CT molecular complexity index is 1090. The van der Waals surface area contributed by atoms with Gasteiger partial charge in [0.05, 0.1) is 6.20 Å². The van der Waals surface area contributed by atoms with E-state index in [4.69, 9.17) is 0 Å². The molecule has 1 saturated heterocycles. The molecule has 172 valence electrons. The molecule has 4 rings (SSSR count). The van der Waals surface area contributed by atoms with Gasteiger partial charge < -0.3 is 14.5 Å². The zero-order valence-corrected chi connectivity index (χ0v) is 18.7. The van der Waals surface area contributed by atoms with Crippen LogP contribution in [0.15, 0.2) is 66.9 Å². The summed E-state index contributed by atoms with van der Waals surface area (Å²) < 4.78 is 28.9. The van der Waals surface area contributed by atoms with Crippen molar-refractivity contribution in [2.45, 2.75) is 25.4 Å². The Kier molecular flexibility index (Phi) is 6.87. The molecule has 33 heavy (non-hydrogen) atoms. The molecular formula is C26H27F2N3O2. The van der Waals surface area contributed by atoms with Gasteiger partial charge in [-0.2, -0.15) is 8.78 Å². The van der Waals surface area contributed by atoms with E-state index in [2.05, 4.69) is 63.2 Å². The van der Waals surface area contributed by atoms with Gasteiger partial charge in [-0.25, -0.2) is 4.98 Å². The SMILES string of the molecule is CN(C)c1cccc(-c2cccc(C3CCN(C(=O)c4ccc(OC(F)F)cn4)CC3)c2)c1. The number of ether oxygens (including phenoxy) is 1. The van der Waals surface area contributed by atoms with E-state index >= 15 is 0 Å². The van der Waals surface area contributed by atoms with Gasteiger partial charge in [0.25, 0.3) is 5.91 Å². The Morgan fingerprint density at radius 3 is 2.36 bits per heavy atom. The predicted octanol–water partition coefficient (Wildman–Crippen LogP) is 5.44. The van der Waals surface area contributed by atoms with Crippen LogP contribution >= 0.6 is 0 Å². The van der Waals surface area contributed by atoms with Crippen molar-refractivity contribution in [2.75, 3.05) is 32.1 Å². The van der Waals surface area contributed by atoms with Crippen LogP contribution in [0.3, 0.4) is 0 Å². The summed E-state index contributed by atoms with van der Waals surface area (Å²) in [6.07, 6.45) is 2.88. The molecule has 1 aromatic heterocycles. The molecule has 2 heterocycles. The van der Waals surface area contributed by atoms with Gasteiger partial charge >= 0.3 is 6.61 Å². The highest BCUT2D eigenvalue weighted by Gasteiger charge is 2.25. The minimum Gasteiger partial charge on any atom is -0.433 e. The second-order valence-electron chi connectivity index (χ2n) is 8.39. The van der Waals surface area contributed by atoms with Crippen LogP contribution in [-0.4, -0.2) is 49.6 Å². The number of likely N-dealkylation sites (tertiary alicyclic amines) is 1. The number of benzene rings is 2. The van der Waals surface area contributed by atoms with Gasteiger partial charge in [0.1, 0.15) is 11.4 Å². The van der Waals surface area contributed by atoms with Crippen LogP contribution in [-0.2, 0) is 0 Å². The molecule has 1 aliphatic heterocycles. The molecular weight excluding hydrogens is 424 g/mol. The maximum absolute atomic E-state index is 12.8. The van der Waals surface area contributed by atoms with Crippen LogP contribution in [0.25, 0.3) is 11.1 Å². The standard InChI is InChI=1S/C26H27F2N3O2/c1-30(2)22-8-4-7-21(16-22)20-6-3-5-19(15-20)18-11-13-31(14-12-18)25(32)24-10-9-23(17-29-24)33-26(27)28/h3-10,15-18,26H,11-14H2,1-2H3. The van der Waals surface area contributed by atoms with Crippen molar-refractivity contribution < 1.29 is 18.3 Å². The van der Waals surface area contributed by atoms with Crippen molar-refractivity contribution >= 4 is 11.6 Å². The predicted molar refractivity (Wildman–Crippen MR) is 125 cm³/mol. The number of alkyl halides is 2. The molecule has 1 fully saturated rings. The lowest BCUT2D eigenvalue weighted by atomic mass is 9.87. The number of nitrogens with zero attached hydrogens (tertiary/aromatic N) is 3. The number of pyridine rings is 1. The minimum atomic E-state index is -2.91. The van der Waals surface area contributed by atoms with Crippen molar-refractivity contribution in [1.29, 1.82) is 0 Å². The molecule has 0 saturated carbocycles. The van der Waals surface area contributed by atoms with Crippen molar-refractivity contribution in [2.24, 2.45) is 0 Å². The van der Waals surface area contributed by atoms with E-state index in [1.165, 1.54) is 28.8 Å². The number of anilines is 1. The summed E-state index contributed by atoms with van der Waals surface area (Å²) in [7, 11) is 4.07. The van der Waals surface area contributed by atoms with Crippen molar-refractivity contribution in [3.05, 3.63) is 78.1 Å². The summed E-state index contributed by atoms with van der Waals surface area (Å²) in [6, 6.07) is 19.9. The second kappa shape index (κ2) is 9.98. The van der Waals surface area contributed by atoms with Crippen molar-refractivity contribution in [3.63, 3.8) is 0 Å². The lowest BCUT2D eigenvalue weighted by molar-refractivity contribution is -0.0500. The Hall–Kier alpha value is -3.48. The fraction of sp³-hybridized carbons (Fsp3) is 0.308. The normalized spacial score (nSPS) is 14.4. The number of amides is 1. The average molecular weight is 452 g/mol. The molecule has 0 N–H and O–H groups in total. The monoisotopic (exact) mass is 451 g/mol. The van der Waals surface area contributed by atoms with E-state index < -0.39 is 6.61 Å². The number of hydrogen-bond acceptors (Lipinski definition) is 4. The van der Waals surface area contributed by atoms with Gasteiger partial charge in [-0.15, -0.1) is 0 Å². The average Bonchev–Trinajstić information content (AvgIpc) is 2.84. The lowest BCUT2D eigenvalue weighted by Gasteiger charge is -2.32. The zero-order chi connectivity index (χ0) is 23.4. The van der Waals surface area contributed by atoms with Gasteiger partial charge in [-0.3, -0.25) is 4.79 Å². The summed E-state index contributed by atoms with van der Waals surface area (Å²) in [5.41, 5.74) is 5.04. The van der Waals surface area contributed by atoms with Gasteiger partial charge in [-0.05, 0) is 59.7 Å². The van der Waals surface area contributed by atoms with Gasteiger partial charge in [-0.1, -0.05) is 36.4 Å². The number of aromatic nitrogens is 1. The third kappa shape index (κ3) is 5.48. The van der Waals surface area contributed by atoms with E-state index in [1.54, 1.807) is 4.90 Å². The summed E-state index contributed by atoms with van der Waals surface area (Å²) in [5.74, 6) is 0.128. The van der Waals surface area contributed by atoms with Gasteiger partial charge in [0.15, 0.2) is 0 Å². The first-order valence-electron chi connectivity index (χ1n) is 11.0. The molecule has 0 spiro atoms. The minimum absolute atomic E-state index is 0.0590. The summed E-state index contributed by atoms with van der Waals surface area (Å²) in [4.78, 5) is 20.6. The van der Waals surface area contributed by atoms with Gasteiger partial charge in [0, 0.05) is 32.9 Å². The number of carbonyl (C=O) groups is 1. The number of hydrogen-bond donors (Lipinski definition) is 0. The third-order valence-corrected chi connectivity index (χ3v) is 6.02. The molecule has 3 aromatic rings. The van der Waals surface area contributed by atoms with Crippen LogP contribution in [0.1, 0.15) is 34.8 Å². The molecule has 5 nitrogen and oxygen atoms in total. The highest BCUT2D eigenvalue weighted by Crippen LogP contribution is 2.32. The second-order valence-corrected chi connectivity index (χ2v) is 8.39. The Balaban J connectivity index is 1.40. The van der Waals surface area contributed by atoms with Crippen LogP contribution in [0.2, 0.25) is 0 Å². The molecule has 0 radical (unpaired) electrons. The Labute approximate surface area is 192 Å². The summed E-state index contributed by atoms with van der Waals surface area (Å²) in [5, 5.41) is 0. The lowest BCUT2D eigenvalue weighted by Crippen LogP contribution is -2.38. The quantitative estimate of drug-likeness (QED) is 0.501. The topological polar surface area (TPSA) is 45.7 Å². The number of rotatable bonds is 6. The first-order chi connectivity index (χ1) is 15.9. The fourth-order valence-electron chi connectivity index (χ4n) is 4.19. The zero-order valence-electron chi connectivity index (χ0n) is 18.7. The molecule has 1 amide bonds. The third-order valence-electron chi connectivity index (χ3n) is 6.02. The van der Waals surface area contributed by atoms with Crippen LogP contribution in [0.4, 0.5) is 14.5 Å². The smallest absolute Gasteiger partial charge is 0.387 e. The van der Waals surface area contributed by atoms with E-state index in [0.717, 1.165) is 24.7 Å². The number of piperidine rings is 1. The van der Waals surface area contributed by atoms with E-state index in [9.17, 15) is 13.6 Å². The van der Waals surface area contributed by atoms with Crippen LogP contribution in [0.5, 0.6) is 5.75 Å². The maximum Gasteiger partial charge on any atom is 0.387 e. The van der Waals surface area contributed by atoms with Crippen molar-refractivity contribution in [3.8, 4) is 16.9 Å². The van der Waals surface area contributed by atoms with Crippen LogP contribution < -0.4 is 9.64 Å². The van der Waals surface area contributed by atoms with E-state index in [0.29, 0.717) is 19.0 Å². The summed E-state index contributed by atoms with van der Waals surface area (Å²) in [6.45, 7) is -1.66. The van der Waals surface area contributed by atoms with E-state index in [1.807, 2.05) is 14.1 Å². The fourth-order valence-corrected chi connectivity index (χ4v) is 4.19. The van der Waals surface area contributed by atoms with Gasteiger partial charge in [0.2, 0.25) is 0 Å². The molecule has 7 heteroatoms. The number of carbonyl (C=O) groups excluding carboxylic acids is 1. The highest BCUT2D eigenvalue weighted by molar-refractivity contribution is 5.92.